The molecular formula is C14H14ClFN6. The van der Waals surface area contributed by atoms with Crippen molar-refractivity contribution in [2.45, 2.75) is 0 Å². The minimum Gasteiger partial charge on any atom is -0.381 e. The molecule has 3 rings (SSSR count). The van der Waals surface area contributed by atoms with Gasteiger partial charge in [-0.15, -0.1) is 0 Å². The van der Waals surface area contributed by atoms with Crippen molar-refractivity contribution in [1.82, 2.24) is 20.4 Å². The maximum Gasteiger partial charge on any atom is 0.141 e. The van der Waals surface area contributed by atoms with Gasteiger partial charge in [0.1, 0.15) is 11.5 Å². The largest absolute Gasteiger partial charge is 0.381 e. The lowest BCUT2D eigenvalue weighted by Crippen LogP contribution is -2.13. The number of aromatic nitrogens is 4. The van der Waals surface area contributed by atoms with E-state index < -0.39 is 5.82 Å². The van der Waals surface area contributed by atoms with E-state index in [1.54, 1.807) is 24.5 Å². The van der Waals surface area contributed by atoms with Gasteiger partial charge in [0.2, 0.25) is 0 Å². The molecule has 0 unspecified atom stereocenters. The topological polar surface area (TPSA) is 95.4 Å². The third-order valence-corrected chi connectivity index (χ3v) is 3.51. The Bertz CT molecular complexity index is 781. The van der Waals surface area contributed by atoms with Crippen LogP contribution in [0, 0.1) is 5.82 Å². The van der Waals surface area contributed by atoms with E-state index in [2.05, 4.69) is 25.7 Å². The van der Waals surface area contributed by atoms with Crippen LogP contribution in [0.2, 0.25) is 5.02 Å². The number of rotatable bonds is 5. The fourth-order valence-electron chi connectivity index (χ4n) is 2.18. The summed E-state index contributed by atoms with van der Waals surface area (Å²) in [7, 11) is 0. The first-order valence-corrected chi connectivity index (χ1v) is 7.05. The number of anilines is 1. The third-order valence-electron chi connectivity index (χ3n) is 3.22. The van der Waals surface area contributed by atoms with Crippen molar-refractivity contribution >= 4 is 17.3 Å². The van der Waals surface area contributed by atoms with Crippen LogP contribution in [0.25, 0.3) is 22.5 Å². The van der Waals surface area contributed by atoms with Crippen LogP contribution in [-0.4, -0.2) is 33.5 Å². The molecule has 0 amide bonds. The van der Waals surface area contributed by atoms with Crippen molar-refractivity contribution in [1.29, 1.82) is 0 Å². The summed E-state index contributed by atoms with van der Waals surface area (Å²) in [5.74, 6) is -0.456. The summed E-state index contributed by atoms with van der Waals surface area (Å²) >= 11 is 5.86. The van der Waals surface area contributed by atoms with Crippen LogP contribution >= 0.6 is 11.6 Å². The van der Waals surface area contributed by atoms with Crippen LogP contribution < -0.4 is 11.1 Å². The van der Waals surface area contributed by atoms with Crippen LogP contribution in [0.3, 0.4) is 0 Å². The first-order valence-electron chi connectivity index (χ1n) is 6.67. The number of aromatic amines is 2. The summed E-state index contributed by atoms with van der Waals surface area (Å²) in [5.41, 5.74) is 9.35. The van der Waals surface area contributed by atoms with Gasteiger partial charge in [0.05, 0.1) is 28.8 Å². The number of benzene rings is 1. The SMILES string of the molecule is NCCNc1cn[nH]c1-c1[nH]ncc1-c1ccc(F)c(Cl)c1. The van der Waals surface area contributed by atoms with Gasteiger partial charge in [0.15, 0.2) is 0 Å². The van der Waals surface area contributed by atoms with Gasteiger partial charge in [-0.05, 0) is 17.7 Å². The van der Waals surface area contributed by atoms with Crippen LogP contribution in [-0.2, 0) is 0 Å². The first-order chi connectivity index (χ1) is 10.7. The van der Waals surface area contributed by atoms with E-state index in [1.807, 2.05) is 0 Å². The van der Waals surface area contributed by atoms with E-state index in [0.29, 0.717) is 13.1 Å². The van der Waals surface area contributed by atoms with Gasteiger partial charge in [-0.25, -0.2) is 4.39 Å². The van der Waals surface area contributed by atoms with Gasteiger partial charge in [-0.1, -0.05) is 17.7 Å². The predicted octanol–water partition coefficient (Wildman–Crippen LogP) is 2.63. The molecule has 8 heteroatoms. The average molecular weight is 321 g/mol. The standard InChI is InChI=1S/C14H14ClFN6/c15-10-5-8(1-2-11(10)16)9-6-19-21-13(9)14-12(7-20-22-14)18-4-3-17/h1-2,5-7,18H,3-4,17H2,(H,19,21)(H,20,22). The molecule has 22 heavy (non-hydrogen) atoms. The van der Waals surface area contributed by atoms with Crippen molar-refractivity contribution in [2.24, 2.45) is 5.73 Å². The highest BCUT2D eigenvalue weighted by Crippen LogP contribution is 2.34. The van der Waals surface area contributed by atoms with Crippen LogP contribution in [0.15, 0.2) is 30.6 Å². The molecule has 6 nitrogen and oxygen atoms in total. The van der Waals surface area contributed by atoms with E-state index in [-0.39, 0.29) is 5.02 Å². The van der Waals surface area contributed by atoms with Crippen molar-refractivity contribution in [3.63, 3.8) is 0 Å². The van der Waals surface area contributed by atoms with E-state index in [9.17, 15) is 4.39 Å². The Labute approximate surface area is 130 Å². The van der Waals surface area contributed by atoms with Gasteiger partial charge < -0.3 is 11.1 Å². The van der Waals surface area contributed by atoms with E-state index in [1.165, 1.54) is 6.07 Å². The minimum absolute atomic E-state index is 0.0655. The summed E-state index contributed by atoms with van der Waals surface area (Å²) in [6.07, 6.45) is 3.33. The number of halogens is 2. The lowest BCUT2D eigenvalue weighted by molar-refractivity contribution is 0.628. The Morgan fingerprint density at radius 2 is 1.95 bits per heavy atom. The molecule has 5 N–H and O–H groups in total. The van der Waals surface area contributed by atoms with Gasteiger partial charge in [-0.3, -0.25) is 10.2 Å². The maximum absolute atomic E-state index is 13.3. The molecule has 0 aliphatic carbocycles. The van der Waals surface area contributed by atoms with Crippen LogP contribution in [0.5, 0.6) is 0 Å². The summed E-state index contributed by atoms with van der Waals surface area (Å²) in [6, 6.07) is 4.54. The second-order valence-electron chi connectivity index (χ2n) is 4.66. The lowest BCUT2D eigenvalue weighted by Gasteiger charge is -2.07. The van der Waals surface area contributed by atoms with E-state index in [4.69, 9.17) is 17.3 Å². The van der Waals surface area contributed by atoms with Crippen molar-refractivity contribution < 1.29 is 4.39 Å². The Morgan fingerprint density at radius 3 is 2.73 bits per heavy atom. The van der Waals surface area contributed by atoms with Crippen LogP contribution in [0.4, 0.5) is 10.1 Å². The molecule has 0 bridgehead atoms. The number of nitrogens with one attached hydrogen (secondary N) is 3. The average Bonchev–Trinajstić information content (AvgIpc) is 3.15. The predicted molar refractivity (Wildman–Crippen MR) is 84.1 cm³/mol. The monoisotopic (exact) mass is 320 g/mol. The van der Waals surface area contributed by atoms with Gasteiger partial charge in [0.25, 0.3) is 0 Å². The molecule has 2 heterocycles. The summed E-state index contributed by atoms with van der Waals surface area (Å²) in [4.78, 5) is 0. The highest BCUT2D eigenvalue weighted by Gasteiger charge is 2.16. The minimum atomic E-state index is -0.456. The van der Waals surface area contributed by atoms with Gasteiger partial charge >= 0.3 is 0 Å². The van der Waals surface area contributed by atoms with Crippen molar-refractivity contribution in [3.8, 4) is 22.5 Å². The van der Waals surface area contributed by atoms with E-state index in [0.717, 1.165) is 28.2 Å². The smallest absolute Gasteiger partial charge is 0.141 e. The quantitative estimate of drug-likeness (QED) is 0.581. The van der Waals surface area contributed by atoms with E-state index >= 15 is 0 Å². The highest BCUT2D eigenvalue weighted by atomic mass is 35.5. The second-order valence-corrected chi connectivity index (χ2v) is 5.07. The summed E-state index contributed by atoms with van der Waals surface area (Å²) in [5, 5.41) is 17.2. The van der Waals surface area contributed by atoms with Gasteiger partial charge in [0, 0.05) is 18.7 Å². The zero-order chi connectivity index (χ0) is 15.5. The van der Waals surface area contributed by atoms with Crippen molar-refractivity contribution in [3.05, 3.63) is 41.4 Å². The molecular weight excluding hydrogens is 307 g/mol. The Hall–Kier alpha value is -2.38. The Balaban J connectivity index is 2.02. The maximum atomic E-state index is 13.3. The number of hydrogen-bond acceptors (Lipinski definition) is 4. The van der Waals surface area contributed by atoms with Crippen molar-refractivity contribution in [2.75, 3.05) is 18.4 Å². The normalized spacial score (nSPS) is 10.9. The molecule has 2 aromatic heterocycles. The lowest BCUT2D eigenvalue weighted by atomic mass is 10.0. The molecule has 0 saturated carbocycles. The Morgan fingerprint density at radius 1 is 1.18 bits per heavy atom. The molecule has 0 saturated heterocycles. The number of hydrogen-bond donors (Lipinski definition) is 4. The molecule has 0 radical (unpaired) electrons. The molecule has 0 aliphatic heterocycles. The van der Waals surface area contributed by atoms with Crippen LogP contribution in [0.1, 0.15) is 0 Å². The number of H-pyrrole nitrogens is 2. The number of nitrogens with two attached hydrogens (primary N) is 1. The van der Waals surface area contributed by atoms with Gasteiger partial charge in [-0.2, -0.15) is 10.2 Å². The fraction of sp³-hybridized carbons (Fsp3) is 0.143. The summed E-state index contributed by atoms with van der Waals surface area (Å²) in [6.45, 7) is 1.13. The highest BCUT2D eigenvalue weighted by molar-refractivity contribution is 6.31. The zero-order valence-corrected chi connectivity index (χ0v) is 12.3. The molecule has 0 fully saturated rings. The molecule has 1 aromatic carbocycles. The fourth-order valence-corrected chi connectivity index (χ4v) is 2.36. The summed E-state index contributed by atoms with van der Waals surface area (Å²) < 4.78 is 13.3. The second kappa shape index (κ2) is 6.17. The third kappa shape index (κ3) is 2.68. The first kappa shape index (κ1) is 14.6. The molecule has 0 atom stereocenters. The number of nitrogens with zero attached hydrogens (tertiary/aromatic N) is 2. The Kier molecular flexibility index (Phi) is 4.08. The zero-order valence-electron chi connectivity index (χ0n) is 11.5. The molecule has 114 valence electrons. The molecule has 0 spiro atoms. The molecule has 3 aromatic rings. The molecule has 0 aliphatic rings.